The molecule has 0 spiro atoms. The lowest BCUT2D eigenvalue weighted by Gasteiger charge is -2.33. The van der Waals surface area contributed by atoms with E-state index >= 15 is 0 Å². The Kier molecular flexibility index (Phi) is 4.70. The summed E-state index contributed by atoms with van der Waals surface area (Å²) in [5.74, 6) is 2.18. The second kappa shape index (κ2) is 6.89. The first-order valence-electron chi connectivity index (χ1n) is 7.60. The van der Waals surface area contributed by atoms with Crippen molar-refractivity contribution in [2.75, 3.05) is 26.4 Å². The van der Waals surface area contributed by atoms with Crippen molar-refractivity contribution in [1.29, 1.82) is 0 Å². The largest absolute Gasteiger partial charge is 0.494 e. The van der Waals surface area contributed by atoms with Crippen molar-refractivity contribution < 1.29 is 14.0 Å². The Balaban J connectivity index is 1.75. The van der Waals surface area contributed by atoms with Crippen molar-refractivity contribution in [3.63, 3.8) is 0 Å². The van der Waals surface area contributed by atoms with E-state index in [9.17, 15) is 0 Å². The normalized spacial score (nSPS) is 19.3. The Bertz CT molecular complexity index is 614. The van der Waals surface area contributed by atoms with Crippen LogP contribution in [0.4, 0.5) is 0 Å². The predicted molar refractivity (Wildman–Crippen MR) is 80.6 cm³/mol. The molecular weight excluding hydrogens is 282 g/mol. The highest BCUT2D eigenvalue weighted by Gasteiger charge is 2.29. The summed E-state index contributed by atoms with van der Waals surface area (Å²) in [6, 6.07) is 8.19. The summed E-state index contributed by atoms with van der Waals surface area (Å²) in [6.45, 7) is 7.42. The molecule has 0 N–H and O–H groups in total. The molecule has 22 heavy (non-hydrogen) atoms. The Hall–Kier alpha value is -1.92. The molecule has 118 valence electrons. The quantitative estimate of drug-likeness (QED) is 0.845. The van der Waals surface area contributed by atoms with Crippen LogP contribution in [-0.2, 0) is 11.3 Å². The Morgan fingerprint density at radius 2 is 2.32 bits per heavy atom. The zero-order valence-corrected chi connectivity index (χ0v) is 13.0. The fourth-order valence-electron chi connectivity index (χ4n) is 2.64. The minimum atomic E-state index is 0.00528. The van der Waals surface area contributed by atoms with Crippen molar-refractivity contribution >= 4 is 0 Å². The maximum Gasteiger partial charge on any atom is 0.246 e. The topological polar surface area (TPSA) is 60.6 Å². The average molecular weight is 303 g/mol. The van der Waals surface area contributed by atoms with E-state index in [2.05, 4.69) is 27.2 Å². The molecule has 1 atom stereocenters. The predicted octanol–water partition coefficient (Wildman–Crippen LogP) is 2.35. The average Bonchev–Trinajstić information content (AvgIpc) is 2.95. The van der Waals surface area contributed by atoms with Crippen molar-refractivity contribution in [2.24, 2.45) is 0 Å². The molecule has 0 radical (unpaired) electrons. The van der Waals surface area contributed by atoms with Gasteiger partial charge in [0.1, 0.15) is 11.8 Å². The highest BCUT2D eigenvalue weighted by Crippen LogP contribution is 2.25. The molecule has 1 aromatic heterocycles. The molecule has 0 amide bonds. The first kappa shape index (κ1) is 15.0. The number of aromatic nitrogens is 2. The number of hydrogen-bond donors (Lipinski definition) is 0. The van der Waals surface area contributed by atoms with E-state index in [-0.39, 0.29) is 6.04 Å². The zero-order chi connectivity index (χ0) is 15.4. The summed E-state index contributed by atoms with van der Waals surface area (Å²) in [5.41, 5.74) is 1.20. The SMILES string of the molecule is CCOc1cccc(CN2CCOCC2c2nc(C)no2)c1. The van der Waals surface area contributed by atoms with E-state index in [0.717, 1.165) is 25.4 Å². The fourth-order valence-corrected chi connectivity index (χ4v) is 2.64. The molecule has 1 fully saturated rings. The van der Waals surface area contributed by atoms with Crippen LogP contribution >= 0.6 is 0 Å². The van der Waals surface area contributed by atoms with E-state index in [4.69, 9.17) is 14.0 Å². The number of nitrogens with zero attached hydrogens (tertiary/aromatic N) is 3. The maximum atomic E-state index is 5.58. The van der Waals surface area contributed by atoms with Gasteiger partial charge in [0.05, 0.1) is 19.8 Å². The molecule has 3 rings (SSSR count). The van der Waals surface area contributed by atoms with Gasteiger partial charge in [-0.15, -0.1) is 0 Å². The highest BCUT2D eigenvalue weighted by atomic mass is 16.5. The van der Waals surface area contributed by atoms with Crippen LogP contribution < -0.4 is 4.74 Å². The Morgan fingerprint density at radius 1 is 1.41 bits per heavy atom. The smallest absolute Gasteiger partial charge is 0.246 e. The van der Waals surface area contributed by atoms with Gasteiger partial charge in [-0.1, -0.05) is 17.3 Å². The molecule has 6 nitrogen and oxygen atoms in total. The molecule has 0 aliphatic carbocycles. The molecular formula is C16H21N3O3. The molecule has 6 heteroatoms. The Labute approximate surface area is 130 Å². The van der Waals surface area contributed by atoms with Crippen molar-refractivity contribution in [3.05, 3.63) is 41.5 Å². The molecule has 1 aliphatic heterocycles. The third-order valence-electron chi connectivity index (χ3n) is 3.66. The van der Waals surface area contributed by atoms with Crippen LogP contribution in [0.2, 0.25) is 0 Å². The minimum absolute atomic E-state index is 0.00528. The van der Waals surface area contributed by atoms with Crippen LogP contribution in [-0.4, -0.2) is 41.4 Å². The number of rotatable bonds is 5. The number of morpholine rings is 1. The van der Waals surface area contributed by atoms with E-state index in [0.29, 0.717) is 24.9 Å². The van der Waals surface area contributed by atoms with Gasteiger partial charge >= 0.3 is 0 Å². The third kappa shape index (κ3) is 3.45. The summed E-state index contributed by atoms with van der Waals surface area (Å²) in [6.07, 6.45) is 0. The summed E-state index contributed by atoms with van der Waals surface area (Å²) < 4.78 is 16.5. The lowest BCUT2D eigenvalue weighted by atomic mass is 10.1. The van der Waals surface area contributed by atoms with Crippen LogP contribution in [0.3, 0.4) is 0 Å². The first-order chi connectivity index (χ1) is 10.8. The van der Waals surface area contributed by atoms with Gasteiger partial charge in [0, 0.05) is 13.1 Å². The van der Waals surface area contributed by atoms with Gasteiger partial charge in [0.25, 0.3) is 0 Å². The number of benzene rings is 1. The molecule has 1 aliphatic rings. The molecule has 2 heterocycles. The highest BCUT2D eigenvalue weighted by molar-refractivity contribution is 5.28. The summed E-state index contributed by atoms with van der Waals surface area (Å²) in [5, 5.41) is 3.88. The molecule has 0 bridgehead atoms. The van der Waals surface area contributed by atoms with Crippen LogP contribution in [0.15, 0.2) is 28.8 Å². The number of ether oxygens (including phenoxy) is 2. The summed E-state index contributed by atoms with van der Waals surface area (Å²) >= 11 is 0. The first-order valence-corrected chi connectivity index (χ1v) is 7.60. The van der Waals surface area contributed by atoms with Gasteiger partial charge < -0.3 is 14.0 Å². The third-order valence-corrected chi connectivity index (χ3v) is 3.66. The molecule has 0 saturated carbocycles. The van der Waals surface area contributed by atoms with Gasteiger partial charge in [0.2, 0.25) is 5.89 Å². The molecule has 1 saturated heterocycles. The van der Waals surface area contributed by atoms with Crippen LogP contribution in [0.1, 0.15) is 30.2 Å². The monoisotopic (exact) mass is 303 g/mol. The van der Waals surface area contributed by atoms with Crippen molar-refractivity contribution in [1.82, 2.24) is 15.0 Å². The molecule has 1 unspecified atom stereocenters. The second-order valence-electron chi connectivity index (χ2n) is 5.32. The van der Waals surface area contributed by atoms with E-state index in [1.54, 1.807) is 0 Å². The summed E-state index contributed by atoms with van der Waals surface area (Å²) in [7, 11) is 0. The van der Waals surface area contributed by atoms with Gasteiger partial charge in [-0.05, 0) is 31.5 Å². The lowest BCUT2D eigenvalue weighted by molar-refractivity contribution is -0.0241. The van der Waals surface area contributed by atoms with E-state index in [1.807, 2.05) is 26.0 Å². The molecule has 2 aromatic rings. The number of aryl methyl sites for hydroxylation is 1. The van der Waals surface area contributed by atoms with Gasteiger partial charge in [-0.25, -0.2) is 0 Å². The second-order valence-corrected chi connectivity index (χ2v) is 5.32. The standard InChI is InChI=1S/C16H21N3O3/c1-3-21-14-6-4-5-13(9-14)10-19-7-8-20-11-15(19)16-17-12(2)18-22-16/h4-6,9,15H,3,7-8,10-11H2,1-2H3. The molecule has 1 aromatic carbocycles. The van der Waals surface area contributed by atoms with E-state index in [1.165, 1.54) is 5.56 Å². The van der Waals surface area contributed by atoms with Gasteiger partial charge in [-0.2, -0.15) is 4.98 Å². The van der Waals surface area contributed by atoms with Crippen LogP contribution in [0.25, 0.3) is 0 Å². The minimum Gasteiger partial charge on any atom is -0.494 e. The van der Waals surface area contributed by atoms with E-state index < -0.39 is 0 Å². The zero-order valence-electron chi connectivity index (χ0n) is 13.0. The van der Waals surface area contributed by atoms with Gasteiger partial charge in [-0.3, -0.25) is 4.90 Å². The Morgan fingerprint density at radius 3 is 3.09 bits per heavy atom. The van der Waals surface area contributed by atoms with Crippen LogP contribution in [0.5, 0.6) is 5.75 Å². The lowest BCUT2D eigenvalue weighted by Crippen LogP contribution is -2.39. The van der Waals surface area contributed by atoms with Crippen molar-refractivity contribution in [3.8, 4) is 5.75 Å². The summed E-state index contributed by atoms with van der Waals surface area (Å²) in [4.78, 5) is 6.66. The maximum absolute atomic E-state index is 5.58. The number of hydrogen-bond acceptors (Lipinski definition) is 6. The van der Waals surface area contributed by atoms with Crippen molar-refractivity contribution in [2.45, 2.75) is 26.4 Å². The van der Waals surface area contributed by atoms with Crippen LogP contribution in [0, 0.1) is 6.92 Å². The van der Waals surface area contributed by atoms with Gasteiger partial charge in [0.15, 0.2) is 5.82 Å². The fraction of sp³-hybridized carbons (Fsp3) is 0.500.